The summed E-state index contributed by atoms with van der Waals surface area (Å²) in [5.74, 6) is -0.902. The van der Waals surface area contributed by atoms with E-state index in [1.54, 1.807) is 0 Å². The molecule has 0 heterocycles. The van der Waals surface area contributed by atoms with Crippen molar-refractivity contribution in [2.24, 2.45) is 0 Å². The number of amides is 1. The van der Waals surface area contributed by atoms with Crippen LogP contribution in [0.2, 0.25) is 0 Å². The lowest BCUT2D eigenvalue weighted by Gasteiger charge is -2.17. The molecule has 0 aliphatic rings. The molecule has 0 rings (SSSR count). The van der Waals surface area contributed by atoms with Gasteiger partial charge in [0.15, 0.2) is 0 Å². The second kappa shape index (κ2) is 41.9. The van der Waals surface area contributed by atoms with Crippen LogP contribution in [0.25, 0.3) is 0 Å². The molecule has 306 valence electrons. The summed E-state index contributed by atoms with van der Waals surface area (Å²) in [5, 5.41) is 2.62. The van der Waals surface area contributed by atoms with Crippen molar-refractivity contribution < 1.29 is 33.3 Å². The highest BCUT2D eigenvalue weighted by molar-refractivity contribution is 5.76. The molecule has 0 spiro atoms. The van der Waals surface area contributed by atoms with Crippen LogP contribution in [0.3, 0.4) is 0 Å². The quantitative estimate of drug-likeness (QED) is 0.0291. The zero-order valence-electron chi connectivity index (χ0n) is 34.3. The molecule has 8 nitrogen and oxygen atoms in total. The van der Waals surface area contributed by atoms with E-state index in [1.165, 1.54) is 97.0 Å². The van der Waals surface area contributed by atoms with Gasteiger partial charge in [-0.3, -0.25) is 9.59 Å². The van der Waals surface area contributed by atoms with Gasteiger partial charge < -0.3 is 24.3 Å². The third-order valence-corrected chi connectivity index (χ3v) is 8.88. The highest BCUT2D eigenvalue weighted by Crippen LogP contribution is 2.11. The standard InChI is InChI=1S/C45H79NO7/c1-4-6-8-10-12-14-16-18-20-22-24-26-28-30-32-34-36-51-43(47)40-42(46-45(49)53-39-38-50-3)41-44(48)52-37-35-33-31-29-27-25-23-21-19-17-15-13-11-9-7-5-2/h12-15,18-21,42H,4-11,16-17,22-41H2,1-3H3,(H,46,49)/b14-12-,15-13-,20-18-,21-19-. The summed E-state index contributed by atoms with van der Waals surface area (Å²) in [6.45, 7) is 5.46. The lowest BCUT2D eigenvalue weighted by molar-refractivity contribution is -0.146. The monoisotopic (exact) mass is 746 g/mol. The molecule has 0 saturated heterocycles. The molecule has 0 aromatic rings. The molecule has 1 amide bonds. The summed E-state index contributed by atoms with van der Waals surface area (Å²) in [4.78, 5) is 37.4. The highest BCUT2D eigenvalue weighted by Gasteiger charge is 2.22. The Bertz CT molecular complexity index is 894. The predicted octanol–water partition coefficient (Wildman–Crippen LogP) is 12.2. The largest absolute Gasteiger partial charge is 0.466 e. The van der Waals surface area contributed by atoms with Crippen LogP contribution in [0, 0.1) is 0 Å². The topological polar surface area (TPSA) is 100 Å². The maximum Gasteiger partial charge on any atom is 0.407 e. The number of carbonyl (C=O) groups excluding carboxylic acids is 3. The minimum absolute atomic E-state index is 0.0745. The number of esters is 2. The van der Waals surface area contributed by atoms with Crippen LogP contribution in [-0.2, 0) is 28.5 Å². The van der Waals surface area contributed by atoms with E-state index < -0.39 is 24.1 Å². The number of allylic oxidation sites excluding steroid dienone is 8. The molecule has 0 radical (unpaired) electrons. The van der Waals surface area contributed by atoms with E-state index in [0.717, 1.165) is 64.2 Å². The Morgan fingerprint density at radius 1 is 0.453 bits per heavy atom. The zero-order chi connectivity index (χ0) is 38.7. The van der Waals surface area contributed by atoms with Crippen LogP contribution < -0.4 is 5.32 Å². The Morgan fingerprint density at radius 3 is 1.23 bits per heavy atom. The Balaban J connectivity index is 4.11. The van der Waals surface area contributed by atoms with Gasteiger partial charge in [0.05, 0.1) is 38.7 Å². The number of hydrogen-bond donors (Lipinski definition) is 1. The summed E-state index contributed by atoms with van der Waals surface area (Å²) in [6.07, 6.45) is 44.7. The molecule has 8 heteroatoms. The van der Waals surface area contributed by atoms with Crippen LogP contribution in [0.4, 0.5) is 4.79 Å². The van der Waals surface area contributed by atoms with E-state index in [-0.39, 0.29) is 26.1 Å². The van der Waals surface area contributed by atoms with Crippen LogP contribution >= 0.6 is 0 Å². The van der Waals surface area contributed by atoms with Gasteiger partial charge in [0.2, 0.25) is 0 Å². The average Bonchev–Trinajstić information content (AvgIpc) is 3.14. The number of unbranched alkanes of at least 4 members (excludes halogenated alkanes) is 18. The summed E-state index contributed by atoms with van der Waals surface area (Å²) in [7, 11) is 1.51. The third kappa shape index (κ3) is 40.2. The molecule has 0 aromatic carbocycles. The van der Waals surface area contributed by atoms with Crippen molar-refractivity contribution in [3.05, 3.63) is 48.6 Å². The molecule has 0 fully saturated rings. The molecule has 0 aliphatic carbocycles. The van der Waals surface area contributed by atoms with Crippen molar-refractivity contribution in [1.29, 1.82) is 0 Å². The normalized spacial score (nSPS) is 11.8. The van der Waals surface area contributed by atoms with Crippen LogP contribution in [0.1, 0.15) is 181 Å². The number of rotatable bonds is 38. The number of methoxy groups -OCH3 is 1. The van der Waals surface area contributed by atoms with Crippen LogP contribution in [0.5, 0.6) is 0 Å². The van der Waals surface area contributed by atoms with Gasteiger partial charge >= 0.3 is 18.0 Å². The summed E-state index contributed by atoms with van der Waals surface area (Å²) < 4.78 is 20.8. The van der Waals surface area contributed by atoms with E-state index in [0.29, 0.717) is 13.2 Å². The molecular formula is C45H79NO7. The SMILES string of the molecule is CCCCC/C=C\C/C=C\CCCCCCCCOC(=O)CC(CC(=O)OCCCCCCCC/C=C\C/C=C\CCCCC)NC(=O)OCCOC. The van der Waals surface area contributed by atoms with Crippen molar-refractivity contribution >= 4 is 18.0 Å². The van der Waals surface area contributed by atoms with Gasteiger partial charge in [-0.15, -0.1) is 0 Å². The highest BCUT2D eigenvalue weighted by atomic mass is 16.6. The van der Waals surface area contributed by atoms with Crippen molar-refractivity contribution in [2.75, 3.05) is 33.5 Å². The maximum atomic E-state index is 12.6. The molecule has 1 N–H and O–H groups in total. The molecule has 0 aliphatic heterocycles. The molecule has 0 bridgehead atoms. The summed E-state index contributed by atoms with van der Waals surface area (Å²) in [6, 6.07) is -0.767. The van der Waals surface area contributed by atoms with Gasteiger partial charge in [0, 0.05) is 7.11 Å². The fourth-order valence-electron chi connectivity index (χ4n) is 5.67. The van der Waals surface area contributed by atoms with Gasteiger partial charge in [-0.1, -0.05) is 140 Å². The van der Waals surface area contributed by atoms with Gasteiger partial charge in [-0.05, 0) is 77.0 Å². The Hall–Kier alpha value is -2.87. The minimum atomic E-state index is -0.767. The number of hydrogen-bond acceptors (Lipinski definition) is 7. The summed E-state index contributed by atoms with van der Waals surface area (Å²) >= 11 is 0. The number of ether oxygens (including phenoxy) is 4. The maximum absolute atomic E-state index is 12.6. The van der Waals surface area contributed by atoms with E-state index in [9.17, 15) is 14.4 Å². The number of nitrogens with one attached hydrogen (secondary N) is 1. The number of carbonyl (C=O) groups is 3. The van der Waals surface area contributed by atoms with E-state index in [1.807, 2.05) is 0 Å². The minimum Gasteiger partial charge on any atom is -0.466 e. The summed E-state index contributed by atoms with van der Waals surface area (Å²) in [5.41, 5.74) is 0. The van der Waals surface area contributed by atoms with E-state index in [4.69, 9.17) is 18.9 Å². The molecule has 0 unspecified atom stereocenters. The first-order valence-corrected chi connectivity index (χ1v) is 21.4. The molecule has 0 atom stereocenters. The van der Waals surface area contributed by atoms with E-state index in [2.05, 4.69) is 67.8 Å². The first-order valence-electron chi connectivity index (χ1n) is 21.4. The van der Waals surface area contributed by atoms with E-state index >= 15 is 0 Å². The molecule has 0 saturated carbocycles. The molecule has 0 aromatic heterocycles. The van der Waals surface area contributed by atoms with Crippen molar-refractivity contribution in [2.45, 2.75) is 187 Å². The van der Waals surface area contributed by atoms with Gasteiger partial charge in [-0.2, -0.15) is 0 Å². The van der Waals surface area contributed by atoms with Crippen LogP contribution in [0.15, 0.2) is 48.6 Å². The Kier molecular flexibility index (Phi) is 39.6. The second-order valence-electron chi connectivity index (χ2n) is 14.0. The van der Waals surface area contributed by atoms with Gasteiger partial charge in [0.1, 0.15) is 6.61 Å². The second-order valence-corrected chi connectivity index (χ2v) is 14.0. The zero-order valence-corrected chi connectivity index (χ0v) is 34.3. The lowest BCUT2D eigenvalue weighted by Crippen LogP contribution is -2.39. The van der Waals surface area contributed by atoms with Crippen molar-refractivity contribution in [3.8, 4) is 0 Å². The third-order valence-electron chi connectivity index (χ3n) is 8.88. The molecular weight excluding hydrogens is 666 g/mol. The fraction of sp³-hybridized carbons (Fsp3) is 0.756. The molecule has 53 heavy (non-hydrogen) atoms. The Morgan fingerprint density at radius 2 is 0.830 bits per heavy atom. The predicted molar refractivity (Wildman–Crippen MR) is 220 cm³/mol. The van der Waals surface area contributed by atoms with Crippen molar-refractivity contribution in [3.63, 3.8) is 0 Å². The first kappa shape index (κ1) is 50.1. The van der Waals surface area contributed by atoms with Crippen LogP contribution in [-0.4, -0.2) is 57.6 Å². The fourth-order valence-corrected chi connectivity index (χ4v) is 5.67. The van der Waals surface area contributed by atoms with Gasteiger partial charge in [0.25, 0.3) is 0 Å². The number of alkyl carbamates (subject to hydrolysis) is 1. The first-order chi connectivity index (χ1) is 26.0. The average molecular weight is 746 g/mol. The smallest absolute Gasteiger partial charge is 0.407 e. The van der Waals surface area contributed by atoms with Gasteiger partial charge in [-0.25, -0.2) is 4.79 Å². The lowest BCUT2D eigenvalue weighted by atomic mass is 10.1. The van der Waals surface area contributed by atoms with Crippen molar-refractivity contribution in [1.82, 2.24) is 5.32 Å². The Labute approximate surface area is 325 Å².